The van der Waals surface area contributed by atoms with Gasteiger partial charge in [-0.1, -0.05) is 39.8 Å². The Morgan fingerprint density at radius 2 is 1.47 bits per heavy atom. The summed E-state index contributed by atoms with van der Waals surface area (Å²) in [5.74, 6) is 1.73. The van der Waals surface area contributed by atoms with Crippen LogP contribution in [0, 0.1) is 11.8 Å². The summed E-state index contributed by atoms with van der Waals surface area (Å²) in [6.45, 7) is 11.9. The third-order valence-electron chi connectivity index (χ3n) is 7.56. The standard InChI is InChI=1S/C28H40N4O2S2/c1-20(2)23-5-7-24(8-6-23)29-28(35)30-26-19-25(36(33,34)32-17-13-22(4)14-18-32)9-10-27(26)31-15-11-21(3)12-16-31/h5-10,19-22H,11-18H2,1-4H3,(H2,29,30,35). The molecule has 2 aliphatic rings. The van der Waals surface area contributed by atoms with Crippen LogP contribution >= 0.6 is 12.2 Å². The highest BCUT2D eigenvalue weighted by atomic mass is 32.2. The Morgan fingerprint density at radius 1 is 0.889 bits per heavy atom. The SMILES string of the molecule is CC1CCN(c2ccc(S(=O)(=O)N3CCC(C)CC3)cc2NC(=S)Nc2ccc(C(C)C)cc2)CC1. The maximum Gasteiger partial charge on any atom is 0.243 e. The van der Waals surface area contributed by atoms with Gasteiger partial charge in [0.15, 0.2) is 5.11 Å². The molecular weight excluding hydrogens is 488 g/mol. The second-order valence-corrected chi connectivity index (χ2v) is 13.1. The maximum absolute atomic E-state index is 13.5. The van der Waals surface area contributed by atoms with Crippen LogP contribution in [0.1, 0.15) is 64.9 Å². The Hall–Kier alpha value is -2.16. The van der Waals surface area contributed by atoms with E-state index in [2.05, 4.69) is 55.4 Å². The monoisotopic (exact) mass is 528 g/mol. The summed E-state index contributed by atoms with van der Waals surface area (Å²) in [6.07, 6.45) is 4.04. The summed E-state index contributed by atoms with van der Waals surface area (Å²) < 4.78 is 28.6. The van der Waals surface area contributed by atoms with Gasteiger partial charge < -0.3 is 15.5 Å². The van der Waals surface area contributed by atoms with Crippen LogP contribution in [0.25, 0.3) is 0 Å². The molecule has 4 rings (SSSR count). The molecule has 2 saturated heterocycles. The van der Waals surface area contributed by atoms with Gasteiger partial charge in [0, 0.05) is 31.9 Å². The largest absolute Gasteiger partial charge is 0.370 e. The zero-order chi connectivity index (χ0) is 25.9. The van der Waals surface area contributed by atoms with Crippen molar-refractivity contribution in [3.8, 4) is 0 Å². The first kappa shape index (κ1) is 26.9. The number of hydrogen-bond donors (Lipinski definition) is 2. The summed E-state index contributed by atoms with van der Waals surface area (Å²) in [5.41, 5.74) is 3.89. The highest BCUT2D eigenvalue weighted by Gasteiger charge is 2.29. The topological polar surface area (TPSA) is 64.7 Å². The average molecular weight is 529 g/mol. The van der Waals surface area contributed by atoms with Crippen molar-refractivity contribution in [1.29, 1.82) is 0 Å². The molecule has 2 aromatic carbocycles. The van der Waals surface area contributed by atoms with Gasteiger partial charge in [-0.15, -0.1) is 0 Å². The minimum Gasteiger partial charge on any atom is -0.370 e. The van der Waals surface area contributed by atoms with Crippen molar-refractivity contribution in [1.82, 2.24) is 4.31 Å². The van der Waals surface area contributed by atoms with E-state index < -0.39 is 10.0 Å². The van der Waals surface area contributed by atoms with Crippen LogP contribution in [0.2, 0.25) is 0 Å². The number of sulfonamides is 1. The summed E-state index contributed by atoms with van der Waals surface area (Å²) >= 11 is 5.66. The van der Waals surface area contributed by atoms with E-state index in [-0.39, 0.29) is 0 Å². The van der Waals surface area contributed by atoms with Gasteiger partial charge in [0.2, 0.25) is 10.0 Å². The van der Waals surface area contributed by atoms with Gasteiger partial charge >= 0.3 is 0 Å². The molecule has 2 aromatic rings. The molecule has 8 heteroatoms. The van der Waals surface area contributed by atoms with Crippen molar-refractivity contribution in [2.45, 2.75) is 64.2 Å². The fourth-order valence-electron chi connectivity index (χ4n) is 4.91. The van der Waals surface area contributed by atoms with Crippen LogP contribution in [0.4, 0.5) is 17.1 Å². The molecule has 0 aliphatic carbocycles. The Kier molecular flexibility index (Phi) is 8.58. The Balaban J connectivity index is 1.58. The van der Waals surface area contributed by atoms with Crippen LogP contribution < -0.4 is 15.5 Å². The average Bonchev–Trinajstić information content (AvgIpc) is 2.85. The van der Waals surface area contributed by atoms with Crippen molar-refractivity contribution in [2.24, 2.45) is 11.8 Å². The lowest BCUT2D eigenvalue weighted by molar-refractivity contribution is 0.288. The third kappa shape index (κ3) is 6.39. The Morgan fingerprint density at radius 3 is 2.06 bits per heavy atom. The summed E-state index contributed by atoms with van der Waals surface area (Å²) in [5, 5.41) is 7.03. The van der Waals surface area contributed by atoms with E-state index in [0.717, 1.165) is 55.8 Å². The van der Waals surface area contributed by atoms with Gasteiger partial charge in [0.05, 0.1) is 16.3 Å². The lowest BCUT2D eigenvalue weighted by Gasteiger charge is -2.34. The lowest BCUT2D eigenvalue weighted by atomic mass is 9.98. The molecule has 0 bridgehead atoms. The predicted molar refractivity (Wildman–Crippen MR) is 155 cm³/mol. The number of thiocarbonyl (C=S) groups is 1. The van der Waals surface area contributed by atoms with E-state index >= 15 is 0 Å². The van der Waals surface area contributed by atoms with Crippen molar-refractivity contribution >= 4 is 44.4 Å². The molecule has 6 nitrogen and oxygen atoms in total. The highest BCUT2D eigenvalue weighted by Crippen LogP contribution is 2.34. The van der Waals surface area contributed by atoms with E-state index in [0.29, 0.717) is 40.9 Å². The van der Waals surface area contributed by atoms with Crippen LogP contribution in [0.3, 0.4) is 0 Å². The molecule has 36 heavy (non-hydrogen) atoms. The van der Waals surface area contributed by atoms with Crippen molar-refractivity contribution in [2.75, 3.05) is 41.7 Å². The second-order valence-electron chi connectivity index (χ2n) is 10.8. The normalized spacial score (nSPS) is 18.4. The second kappa shape index (κ2) is 11.5. The number of benzene rings is 2. The highest BCUT2D eigenvalue weighted by molar-refractivity contribution is 7.89. The molecule has 2 N–H and O–H groups in total. The summed E-state index contributed by atoms with van der Waals surface area (Å²) in [6, 6.07) is 13.7. The van der Waals surface area contributed by atoms with Gasteiger partial charge in [-0.3, -0.25) is 0 Å². The van der Waals surface area contributed by atoms with Gasteiger partial charge in [-0.2, -0.15) is 4.31 Å². The zero-order valence-electron chi connectivity index (χ0n) is 22.0. The van der Waals surface area contributed by atoms with E-state index in [9.17, 15) is 8.42 Å². The van der Waals surface area contributed by atoms with Crippen molar-refractivity contribution in [3.05, 3.63) is 48.0 Å². The maximum atomic E-state index is 13.5. The lowest BCUT2D eigenvalue weighted by Crippen LogP contribution is -2.38. The van der Waals surface area contributed by atoms with Gasteiger partial charge in [-0.05, 0) is 91.6 Å². The molecule has 196 valence electrons. The van der Waals surface area contributed by atoms with Gasteiger partial charge in [0.1, 0.15) is 0 Å². The number of piperidine rings is 2. The van der Waals surface area contributed by atoms with Crippen LogP contribution in [0.15, 0.2) is 47.4 Å². The Bertz CT molecular complexity index is 1150. The quantitative estimate of drug-likeness (QED) is 0.431. The molecule has 2 heterocycles. The van der Waals surface area contributed by atoms with Crippen LogP contribution in [-0.2, 0) is 10.0 Å². The smallest absolute Gasteiger partial charge is 0.243 e. The first-order valence-corrected chi connectivity index (χ1v) is 15.1. The first-order chi connectivity index (χ1) is 17.1. The first-order valence-electron chi connectivity index (χ1n) is 13.2. The zero-order valence-corrected chi connectivity index (χ0v) is 23.6. The molecule has 0 radical (unpaired) electrons. The van der Waals surface area contributed by atoms with E-state index in [1.807, 2.05) is 18.2 Å². The van der Waals surface area contributed by atoms with E-state index in [1.54, 1.807) is 16.4 Å². The number of nitrogens with one attached hydrogen (secondary N) is 2. The fourth-order valence-corrected chi connectivity index (χ4v) is 6.64. The van der Waals surface area contributed by atoms with Crippen molar-refractivity contribution < 1.29 is 8.42 Å². The molecule has 0 unspecified atom stereocenters. The molecule has 2 aliphatic heterocycles. The van der Waals surface area contributed by atoms with Gasteiger partial charge in [0.25, 0.3) is 0 Å². The minimum absolute atomic E-state index is 0.317. The molecule has 0 amide bonds. The molecule has 0 spiro atoms. The van der Waals surface area contributed by atoms with E-state index in [4.69, 9.17) is 12.2 Å². The molecule has 0 saturated carbocycles. The summed E-state index contributed by atoms with van der Waals surface area (Å²) in [4.78, 5) is 2.65. The van der Waals surface area contributed by atoms with Crippen molar-refractivity contribution in [3.63, 3.8) is 0 Å². The van der Waals surface area contributed by atoms with Crippen LogP contribution in [-0.4, -0.2) is 44.0 Å². The Labute approximate surface area is 222 Å². The molecule has 2 fully saturated rings. The number of anilines is 3. The molecular formula is C28H40N4O2S2. The fraction of sp³-hybridized carbons (Fsp3) is 0.536. The molecule has 0 aromatic heterocycles. The predicted octanol–water partition coefficient (Wildman–Crippen LogP) is 6.28. The number of rotatable bonds is 6. The minimum atomic E-state index is -3.56. The van der Waals surface area contributed by atoms with Crippen LogP contribution in [0.5, 0.6) is 0 Å². The number of hydrogen-bond acceptors (Lipinski definition) is 4. The summed E-state index contributed by atoms with van der Waals surface area (Å²) in [7, 11) is -3.56. The van der Waals surface area contributed by atoms with E-state index in [1.165, 1.54) is 5.56 Å². The molecule has 0 atom stereocenters. The van der Waals surface area contributed by atoms with Gasteiger partial charge in [-0.25, -0.2) is 8.42 Å². The number of nitrogens with zero attached hydrogens (tertiary/aromatic N) is 2. The third-order valence-corrected chi connectivity index (χ3v) is 9.65.